The molecule has 21 heavy (non-hydrogen) atoms. The minimum absolute atomic E-state index is 0.0105. The predicted molar refractivity (Wildman–Crippen MR) is 79.3 cm³/mol. The smallest absolute Gasteiger partial charge is 0.253 e. The highest BCUT2D eigenvalue weighted by molar-refractivity contribution is 5.99. The average molecular weight is 291 g/mol. The van der Waals surface area contributed by atoms with Gasteiger partial charge in [0.05, 0.1) is 0 Å². The van der Waals surface area contributed by atoms with Crippen molar-refractivity contribution in [2.75, 3.05) is 19.7 Å². The van der Waals surface area contributed by atoms with Gasteiger partial charge in [-0.2, -0.15) is 0 Å². The summed E-state index contributed by atoms with van der Waals surface area (Å²) in [4.78, 5) is 14.3. The van der Waals surface area contributed by atoms with Gasteiger partial charge in [-0.3, -0.25) is 4.79 Å². The van der Waals surface area contributed by atoms with Crippen LogP contribution in [0.4, 0.5) is 0 Å². The summed E-state index contributed by atoms with van der Waals surface area (Å²) >= 11 is 0. The number of amides is 1. The van der Waals surface area contributed by atoms with Crippen LogP contribution in [0.1, 0.15) is 35.2 Å². The Morgan fingerprint density at radius 2 is 2.00 bits per heavy atom. The Kier molecular flexibility index (Phi) is 5.16. The molecular formula is C15H21N3O3. The summed E-state index contributed by atoms with van der Waals surface area (Å²) in [5, 5.41) is 20.6. The normalized spacial score (nSPS) is 19.6. The summed E-state index contributed by atoms with van der Waals surface area (Å²) in [6.07, 6.45) is 2.78. The van der Waals surface area contributed by atoms with Crippen LogP contribution >= 0.6 is 0 Å². The van der Waals surface area contributed by atoms with Gasteiger partial charge in [0.15, 0.2) is 5.84 Å². The monoisotopic (exact) mass is 291 g/mol. The van der Waals surface area contributed by atoms with Crippen molar-refractivity contribution in [1.82, 2.24) is 4.90 Å². The van der Waals surface area contributed by atoms with Gasteiger partial charge in [-0.1, -0.05) is 17.3 Å². The number of hydrogen-bond donors (Lipinski definition) is 3. The van der Waals surface area contributed by atoms with Crippen LogP contribution in [0.2, 0.25) is 0 Å². The molecule has 0 saturated carbocycles. The molecular weight excluding hydrogens is 270 g/mol. The number of nitrogens with zero attached hydrogens (tertiary/aromatic N) is 2. The van der Waals surface area contributed by atoms with E-state index in [4.69, 9.17) is 16.0 Å². The molecule has 0 aliphatic carbocycles. The molecule has 1 amide bonds. The molecule has 1 aliphatic heterocycles. The number of rotatable bonds is 4. The summed E-state index contributed by atoms with van der Waals surface area (Å²) in [6.45, 7) is 1.62. The van der Waals surface area contributed by atoms with Gasteiger partial charge in [0, 0.05) is 30.8 Å². The number of carbonyl (C=O) groups excluding carboxylic acids is 1. The molecule has 0 spiro atoms. The van der Waals surface area contributed by atoms with Crippen molar-refractivity contribution in [2.24, 2.45) is 16.8 Å². The molecule has 1 atom stereocenters. The van der Waals surface area contributed by atoms with Crippen LogP contribution in [0.25, 0.3) is 0 Å². The zero-order valence-corrected chi connectivity index (χ0v) is 11.9. The lowest BCUT2D eigenvalue weighted by Gasteiger charge is -2.32. The first kappa shape index (κ1) is 15.3. The Hall–Kier alpha value is -2.08. The number of benzene rings is 1. The van der Waals surface area contributed by atoms with E-state index in [9.17, 15) is 4.79 Å². The van der Waals surface area contributed by atoms with Gasteiger partial charge in [0.2, 0.25) is 0 Å². The predicted octanol–water partition coefficient (Wildman–Crippen LogP) is 1.02. The fraction of sp³-hybridized carbons (Fsp3) is 0.467. The molecule has 0 bridgehead atoms. The third-order valence-corrected chi connectivity index (χ3v) is 3.88. The van der Waals surface area contributed by atoms with Crippen LogP contribution < -0.4 is 5.73 Å². The Morgan fingerprint density at radius 1 is 1.33 bits per heavy atom. The zero-order chi connectivity index (χ0) is 15.2. The van der Waals surface area contributed by atoms with Crippen molar-refractivity contribution in [1.29, 1.82) is 0 Å². The molecule has 1 saturated heterocycles. The molecule has 0 radical (unpaired) electrons. The molecule has 1 aliphatic rings. The maximum atomic E-state index is 12.5. The first-order chi connectivity index (χ1) is 10.2. The number of aliphatic hydroxyl groups is 1. The molecule has 2 rings (SSSR count). The van der Waals surface area contributed by atoms with Crippen LogP contribution in [-0.4, -0.2) is 46.7 Å². The fourth-order valence-electron chi connectivity index (χ4n) is 2.69. The van der Waals surface area contributed by atoms with Crippen molar-refractivity contribution in [3.05, 3.63) is 35.4 Å². The van der Waals surface area contributed by atoms with Crippen molar-refractivity contribution >= 4 is 11.7 Å². The quantitative estimate of drug-likeness (QED) is 0.334. The van der Waals surface area contributed by atoms with Crippen molar-refractivity contribution in [3.63, 3.8) is 0 Å². The summed E-state index contributed by atoms with van der Waals surface area (Å²) in [5.41, 5.74) is 6.66. The highest BCUT2D eigenvalue weighted by Crippen LogP contribution is 2.21. The van der Waals surface area contributed by atoms with Crippen LogP contribution in [-0.2, 0) is 0 Å². The molecule has 1 aromatic rings. The van der Waals surface area contributed by atoms with E-state index in [2.05, 4.69) is 5.16 Å². The summed E-state index contributed by atoms with van der Waals surface area (Å²) in [7, 11) is 0. The molecule has 1 unspecified atom stereocenters. The lowest BCUT2D eigenvalue weighted by Crippen LogP contribution is -2.40. The minimum atomic E-state index is -0.0105. The van der Waals surface area contributed by atoms with E-state index in [1.54, 1.807) is 24.3 Å². The van der Waals surface area contributed by atoms with Gasteiger partial charge in [0.1, 0.15) is 0 Å². The van der Waals surface area contributed by atoms with E-state index in [1.807, 2.05) is 4.90 Å². The Bertz CT molecular complexity index is 511. The summed E-state index contributed by atoms with van der Waals surface area (Å²) < 4.78 is 0. The number of likely N-dealkylation sites (tertiary alicyclic amines) is 1. The fourth-order valence-corrected chi connectivity index (χ4v) is 2.69. The number of hydrogen-bond acceptors (Lipinski definition) is 4. The number of aliphatic hydroxyl groups excluding tert-OH is 1. The van der Waals surface area contributed by atoms with E-state index in [1.165, 1.54) is 0 Å². The van der Waals surface area contributed by atoms with Crippen LogP contribution in [0.5, 0.6) is 0 Å². The van der Waals surface area contributed by atoms with Gasteiger partial charge >= 0.3 is 0 Å². The van der Waals surface area contributed by atoms with Gasteiger partial charge in [-0.15, -0.1) is 0 Å². The second kappa shape index (κ2) is 7.08. The molecule has 1 aromatic carbocycles. The van der Waals surface area contributed by atoms with Crippen LogP contribution in [0.3, 0.4) is 0 Å². The molecule has 0 aromatic heterocycles. The average Bonchev–Trinajstić information content (AvgIpc) is 2.54. The Labute approximate surface area is 123 Å². The molecule has 6 nitrogen and oxygen atoms in total. The zero-order valence-electron chi connectivity index (χ0n) is 11.9. The summed E-state index contributed by atoms with van der Waals surface area (Å²) in [5.74, 6) is 0.391. The maximum Gasteiger partial charge on any atom is 0.253 e. The lowest BCUT2D eigenvalue weighted by molar-refractivity contribution is 0.0653. The van der Waals surface area contributed by atoms with Crippen molar-refractivity contribution in [3.8, 4) is 0 Å². The summed E-state index contributed by atoms with van der Waals surface area (Å²) in [6, 6.07) is 6.70. The first-order valence-electron chi connectivity index (χ1n) is 7.13. The highest BCUT2D eigenvalue weighted by Gasteiger charge is 2.24. The van der Waals surface area contributed by atoms with E-state index >= 15 is 0 Å². The Balaban J connectivity index is 2.05. The number of piperidine rings is 1. The third-order valence-electron chi connectivity index (χ3n) is 3.88. The van der Waals surface area contributed by atoms with Gasteiger partial charge < -0.3 is 20.9 Å². The molecule has 114 valence electrons. The number of nitrogens with two attached hydrogens (primary N) is 1. The number of amidine groups is 1. The van der Waals surface area contributed by atoms with Crippen LogP contribution in [0, 0.1) is 5.92 Å². The number of carbonyl (C=O) groups is 1. The largest absolute Gasteiger partial charge is 0.409 e. The Morgan fingerprint density at radius 3 is 2.62 bits per heavy atom. The molecule has 6 heteroatoms. The van der Waals surface area contributed by atoms with E-state index in [0.29, 0.717) is 23.6 Å². The van der Waals surface area contributed by atoms with Gasteiger partial charge in [0.25, 0.3) is 5.91 Å². The van der Waals surface area contributed by atoms with Crippen molar-refractivity contribution in [2.45, 2.75) is 19.3 Å². The molecule has 1 heterocycles. The first-order valence-corrected chi connectivity index (χ1v) is 7.13. The lowest BCUT2D eigenvalue weighted by atomic mass is 9.94. The maximum absolute atomic E-state index is 12.5. The number of oxime groups is 1. The van der Waals surface area contributed by atoms with Gasteiger partial charge in [-0.25, -0.2) is 0 Å². The minimum Gasteiger partial charge on any atom is -0.409 e. The topological polar surface area (TPSA) is 99.2 Å². The van der Waals surface area contributed by atoms with E-state index in [-0.39, 0.29) is 18.3 Å². The second-order valence-electron chi connectivity index (χ2n) is 5.33. The third kappa shape index (κ3) is 3.72. The highest BCUT2D eigenvalue weighted by atomic mass is 16.4. The van der Waals surface area contributed by atoms with E-state index in [0.717, 1.165) is 25.8 Å². The molecule has 4 N–H and O–H groups in total. The van der Waals surface area contributed by atoms with Crippen LogP contribution in [0.15, 0.2) is 29.4 Å². The van der Waals surface area contributed by atoms with Gasteiger partial charge in [-0.05, 0) is 37.3 Å². The van der Waals surface area contributed by atoms with Crippen molar-refractivity contribution < 1.29 is 15.1 Å². The standard InChI is InChI=1S/C15H21N3O3/c16-14(17-21)12-3-5-13(6-4-12)15(20)18-8-1-2-11(10-18)7-9-19/h3-6,11,19,21H,1-2,7-10H2,(H2,16,17). The second-order valence-corrected chi connectivity index (χ2v) is 5.33. The molecule has 1 fully saturated rings. The van der Waals surface area contributed by atoms with E-state index < -0.39 is 0 Å². The SMILES string of the molecule is N/C(=N/O)c1ccc(C(=O)N2CCCC(CCO)C2)cc1.